The SMILES string of the molecule is c1ccc(-c2ccc(-n3c4ccccc4c4cc(-c5ccc6c(c5)c5ccccc5n6-c5ccccc5)ccc43)c3oc4ccccc4c23)cc1. The second kappa shape index (κ2) is 10.8. The van der Waals surface area contributed by atoms with Crippen LogP contribution >= 0.6 is 0 Å². The predicted molar refractivity (Wildman–Crippen MR) is 213 cm³/mol. The molecule has 0 fully saturated rings. The molecule has 0 aliphatic carbocycles. The molecule has 11 rings (SSSR count). The van der Waals surface area contributed by atoms with Gasteiger partial charge in [-0.15, -0.1) is 0 Å². The maximum Gasteiger partial charge on any atom is 0.160 e. The van der Waals surface area contributed by atoms with Gasteiger partial charge < -0.3 is 13.6 Å². The van der Waals surface area contributed by atoms with Crippen molar-refractivity contribution in [3.63, 3.8) is 0 Å². The van der Waals surface area contributed by atoms with Crippen molar-refractivity contribution in [3.8, 4) is 33.6 Å². The van der Waals surface area contributed by atoms with Crippen LogP contribution < -0.4 is 0 Å². The summed E-state index contributed by atoms with van der Waals surface area (Å²) in [6, 6.07) is 65.4. The van der Waals surface area contributed by atoms with Gasteiger partial charge in [0, 0.05) is 38.0 Å². The first-order chi connectivity index (χ1) is 25.3. The fraction of sp³-hybridized carbons (Fsp3) is 0. The molecule has 51 heavy (non-hydrogen) atoms. The maximum absolute atomic E-state index is 6.75. The average molecular weight is 651 g/mol. The lowest BCUT2D eigenvalue weighted by molar-refractivity contribution is 0.666. The third-order valence-corrected chi connectivity index (χ3v) is 10.5. The van der Waals surface area contributed by atoms with Crippen molar-refractivity contribution in [2.75, 3.05) is 0 Å². The van der Waals surface area contributed by atoms with E-state index in [2.05, 4.69) is 185 Å². The lowest BCUT2D eigenvalue weighted by atomic mass is 9.98. The van der Waals surface area contributed by atoms with E-state index >= 15 is 0 Å². The minimum Gasteiger partial charge on any atom is -0.454 e. The van der Waals surface area contributed by atoms with Gasteiger partial charge in [-0.2, -0.15) is 0 Å². The number of hydrogen-bond donors (Lipinski definition) is 0. The fourth-order valence-electron chi connectivity index (χ4n) is 8.27. The molecule has 0 N–H and O–H groups in total. The lowest BCUT2D eigenvalue weighted by Crippen LogP contribution is -1.95. The monoisotopic (exact) mass is 650 g/mol. The molecule has 3 aromatic heterocycles. The van der Waals surface area contributed by atoms with E-state index < -0.39 is 0 Å². The molecule has 0 aliphatic heterocycles. The second-order valence-corrected chi connectivity index (χ2v) is 13.3. The van der Waals surface area contributed by atoms with Crippen molar-refractivity contribution in [2.45, 2.75) is 0 Å². The maximum atomic E-state index is 6.75. The van der Waals surface area contributed by atoms with Crippen LogP contribution in [0, 0.1) is 0 Å². The Hall–Kier alpha value is -6.84. The molecule has 0 bridgehead atoms. The number of nitrogens with zero attached hydrogens (tertiary/aromatic N) is 2. The minimum atomic E-state index is 0.893. The third-order valence-electron chi connectivity index (χ3n) is 10.5. The van der Waals surface area contributed by atoms with Gasteiger partial charge in [0.05, 0.1) is 27.8 Å². The molecule has 0 saturated heterocycles. The van der Waals surface area contributed by atoms with Gasteiger partial charge in [-0.25, -0.2) is 0 Å². The van der Waals surface area contributed by atoms with Gasteiger partial charge in [0.15, 0.2) is 5.58 Å². The summed E-state index contributed by atoms with van der Waals surface area (Å²) >= 11 is 0. The van der Waals surface area contributed by atoms with Gasteiger partial charge in [0.25, 0.3) is 0 Å². The smallest absolute Gasteiger partial charge is 0.160 e. The zero-order valence-electron chi connectivity index (χ0n) is 27.6. The van der Waals surface area contributed by atoms with E-state index in [1.165, 1.54) is 60.5 Å². The Kier molecular flexibility index (Phi) is 5.96. The van der Waals surface area contributed by atoms with E-state index in [9.17, 15) is 0 Å². The molecule has 0 radical (unpaired) electrons. The molecule has 8 aromatic carbocycles. The standard InChI is InChI=1S/C48H30N2O/c1-3-13-31(14-4-1)35-25-28-45(48-47(35)38-19-9-12-22-46(38)51-48)50-42-21-11-8-18-37(42)40-30-33(24-27-44(40)50)32-23-26-43-39(29-32)36-17-7-10-20-41(36)49(43)34-15-5-2-6-16-34/h1-30H. The summed E-state index contributed by atoms with van der Waals surface area (Å²) in [5.41, 5.74) is 13.5. The Labute approximate surface area is 293 Å². The summed E-state index contributed by atoms with van der Waals surface area (Å²) in [4.78, 5) is 0. The zero-order valence-corrected chi connectivity index (χ0v) is 27.6. The van der Waals surface area contributed by atoms with Crippen LogP contribution in [-0.4, -0.2) is 9.13 Å². The summed E-state index contributed by atoms with van der Waals surface area (Å²) in [5.74, 6) is 0. The summed E-state index contributed by atoms with van der Waals surface area (Å²) in [6.07, 6.45) is 0. The molecule has 0 amide bonds. The van der Waals surface area contributed by atoms with E-state index in [1.54, 1.807) is 0 Å². The molecule has 3 nitrogen and oxygen atoms in total. The van der Waals surface area contributed by atoms with Crippen molar-refractivity contribution < 1.29 is 4.42 Å². The van der Waals surface area contributed by atoms with Crippen LogP contribution in [0.5, 0.6) is 0 Å². The molecular weight excluding hydrogens is 621 g/mol. The summed E-state index contributed by atoms with van der Waals surface area (Å²) in [5, 5.41) is 7.20. The van der Waals surface area contributed by atoms with Crippen LogP contribution in [0.1, 0.15) is 0 Å². The summed E-state index contributed by atoms with van der Waals surface area (Å²) < 4.78 is 11.5. The highest BCUT2D eigenvalue weighted by atomic mass is 16.3. The number of aromatic nitrogens is 2. The quantitative estimate of drug-likeness (QED) is 0.186. The number of benzene rings is 8. The average Bonchev–Trinajstić information content (AvgIpc) is 3.86. The van der Waals surface area contributed by atoms with Crippen LogP contribution in [0.25, 0.3) is 99.2 Å². The lowest BCUT2D eigenvalue weighted by Gasteiger charge is -2.12. The molecule has 3 heterocycles. The van der Waals surface area contributed by atoms with Gasteiger partial charge in [-0.1, -0.05) is 121 Å². The number of rotatable bonds is 4. The van der Waals surface area contributed by atoms with Gasteiger partial charge >= 0.3 is 0 Å². The van der Waals surface area contributed by atoms with Gasteiger partial charge in [0.1, 0.15) is 5.58 Å². The zero-order chi connectivity index (χ0) is 33.5. The molecule has 0 spiro atoms. The summed E-state index contributed by atoms with van der Waals surface area (Å²) in [7, 11) is 0. The van der Waals surface area contributed by atoms with Crippen molar-refractivity contribution in [3.05, 3.63) is 182 Å². The Morgan fingerprint density at radius 2 is 0.882 bits per heavy atom. The highest BCUT2D eigenvalue weighted by Crippen LogP contribution is 2.43. The number of hydrogen-bond acceptors (Lipinski definition) is 1. The van der Waals surface area contributed by atoms with Crippen molar-refractivity contribution in [1.82, 2.24) is 9.13 Å². The van der Waals surface area contributed by atoms with Gasteiger partial charge in [-0.3, -0.25) is 0 Å². The normalized spacial score (nSPS) is 11.9. The molecule has 238 valence electrons. The van der Waals surface area contributed by atoms with Crippen LogP contribution in [0.3, 0.4) is 0 Å². The van der Waals surface area contributed by atoms with Crippen molar-refractivity contribution >= 4 is 65.6 Å². The van der Waals surface area contributed by atoms with Gasteiger partial charge in [-0.05, 0) is 82.9 Å². The van der Waals surface area contributed by atoms with Crippen molar-refractivity contribution in [2.24, 2.45) is 0 Å². The highest BCUT2D eigenvalue weighted by molar-refractivity contribution is 6.17. The van der Waals surface area contributed by atoms with E-state index in [0.717, 1.165) is 38.7 Å². The second-order valence-electron chi connectivity index (χ2n) is 13.3. The fourth-order valence-corrected chi connectivity index (χ4v) is 8.27. The molecule has 3 heteroatoms. The molecule has 0 atom stereocenters. The van der Waals surface area contributed by atoms with Crippen LogP contribution in [-0.2, 0) is 0 Å². The first kappa shape index (κ1) is 28.0. The van der Waals surface area contributed by atoms with Crippen LogP contribution in [0.15, 0.2) is 186 Å². The van der Waals surface area contributed by atoms with E-state index in [1.807, 2.05) is 6.07 Å². The Morgan fingerprint density at radius 3 is 1.57 bits per heavy atom. The molecule has 0 aliphatic rings. The Morgan fingerprint density at radius 1 is 0.353 bits per heavy atom. The molecular formula is C48H30N2O. The summed E-state index contributed by atoms with van der Waals surface area (Å²) in [6.45, 7) is 0. The highest BCUT2D eigenvalue weighted by Gasteiger charge is 2.21. The first-order valence-electron chi connectivity index (χ1n) is 17.4. The number of furan rings is 1. The van der Waals surface area contributed by atoms with E-state index in [-0.39, 0.29) is 0 Å². The van der Waals surface area contributed by atoms with Gasteiger partial charge in [0.2, 0.25) is 0 Å². The van der Waals surface area contributed by atoms with E-state index in [0.29, 0.717) is 0 Å². The third kappa shape index (κ3) is 4.12. The number of para-hydroxylation sites is 4. The Balaban J connectivity index is 1.14. The minimum absolute atomic E-state index is 0.893. The molecule has 11 aromatic rings. The molecule has 0 saturated carbocycles. The topological polar surface area (TPSA) is 23.0 Å². The largest absolute Gasteiger partial charge is 0.454 e. The molecule has 0 unspecified atom stereocenters. The van der Waals surface area contributed by atoms with E-state index in [4.69, 9.17) is 4.42 Å². The van der Waals surface area contributed by atoms with Crippen molar-refractivity contribution in [1.29, 1.82) is 0 Å². The first-order valence-corrected chi connectivity index (χ1v) is 17.4. The predicted octanol–water partition coefficient (Wildman–Crippen LogP) is 13.1. The number of fused-ring (bicyclic) bond motifs is 9. The van der Waals surface area contributed by atoms with Crippen LogP contribution in [0.2, 0.25) is 0 Å². The van der Waals surface area contributed by atoms with Crippen LogP contribution in [0.4, 0.5) is 0 Å². The Bertz CT molecular complexity index is 3130.